The molecule has 0 amide bonds. The predicted octanol–water partition coefficient (Wildman–Crippen LogP) is 0.878. The Labute approximate surface area is 96.6 Å². The average Bonchev–Trinajstić information content (AvgIpc) is 2.29. The molecule has 1 atom stereocenters. The van der Waals surface area contributed by atoms with Gasteiger partial charge in [-0.3, -0.25) is 0 Å². The summed E-state index contributed by atoms with van der Waals surface area (Å²) >= 11 is 0. The van der Waals surface area contributed by atoms with E-state index >= 15 is 0 Å². The lowest BCUT2D eigenvalue weighted by Crippen LogP contribution is -2.28. The number of pyridine rings is 1. The molecule has 0 saturated heterocycles. The molecular formula is C10H9N3O4. The lowest BCUT2D eigenvalue weighted by Gasteiger charge is -2.11. The number of hydrogen-bond donors (Lipinski definition) is 2. The number of carbonyl (C=O) groups is 1. The fourth-order valence-electron chi connectivity index (χ4n) is 1.10. The van der Waals surface area contributed by atoms with Gasteiger partial charge in [-0.25, -0.2) is 4.79 Å². The molecule has 1 aromatic heterocycles. The second-order valence-corrected chi connectivity index (χ2v) is 3.11. The first-order valence-corrected chi connectivity index (χ1v) is 4.58. The molecule has 0 aliphatic heterocycles. The number of carboxylic acid groups (broad SMARTS) is 1. The Morgan fingerprint density at radius 1 is 1.71 bits per heavy atom. The van der Waals surface area contributed by atoms with Gasteiger partial charge in [-0.15, -0.1) is 12.3 Å². The zero-order valence-electron chi connectivity index (χ0n) is 8.66. The lowest BCUT2D eigenvalue weighted by molar-refractivity contribution is -0.389. The van der Waals surface area contributed by atoms with Gasteiger partial charge in [0.1, 0.15) is 6.04 Å². The third-order valence-electron chi connectivity index (χ3n) is 1.90. The van der Waals surface area contributed by atoms with Crippen molar-refractivity contribution in [3.05, 3.63) is 28.4 Å². The van der Waals surface area contributed by atoms with E-state index in [0.29, 0.717) is 5.69 Å². The lowest BCUT2D eigenvalue weighted by atomic mass is 10.2. The number of rotatable bonds is 5. The zero-order valence-corrected chi connectivity index (χ0v) is 8.66. The first-order valence-electron chi connectivity index (χ1n) is 4.58. The van der Waals surface area contributed by atoms with Crippen molar-refractivity contribution in [1.29, 1.82) is 0 Å². The Hall–Kier alpha value is -2.62. The molecule has 7 heteroatoms. The summed E-state index contributed by atoms with van der Waals surface area (Å²) in [5.41, 5.74) is 0.359. The number of aromatic nitrogens is 1. The molecule has 1 heterocycles. The molecule has 0 radical (unpaired) electrons. The standard InChI is InChI=1S/C10H9N3O4/c1-2-3-8(10(14)15)12-7-4-5-9(11-6-7)13(16)17/h1,4-6,8,12H,3H2,(H,14,15). The summed E-state index contributed by atoms with van der Waals surface area (Å²) in [4.78, 5) is 24.0. The largest absolute Gasteiger partial charge is 0.480 e. The molecule has 7 nitrogen and oxygen atoms in total. The number of carboxylic acids is 1. The van der Waals surface area contributed by atoms with Crippen molar-refractivity contribution in [2.45, 2.75) is 12.5 Å². The van der Waals surface area contributed by atoms with E-state index in [-0.39, 0.29) is 12.2 Å². The minimum atomic E-state index is -1.10. The molecule has 0 spiro atoms. The maximum atomic E-state index is 10.8. The van der Waals surface area contributed by atoms with Crippen molar-refractivity contribution in [3.8, 4) is 12.3 Å². The van der Waals surface area contributed by atoms with Crippen molar-refractivity contribution in [2.75, 3.05) is 5.32 Å². The fraction of sp³-hybridized carbons (Fsp3) is 0.200. The first-order chi connectivity index (χ1) is 8.04. The van der Waals surface area contributed by atoms with Crippen LogP contribution in [0.25, 0.3) is 0 Å². The topological polar surface area (TPSA) is 105 Å². The minimum Gasteiger partial charge on any atom is -0.480 e. The maximum Gasteiger partial charge on any atom is 0.363 e. The SMILES string of the molecule is C#CCC(Nc1ccc([N+](=O)[O-])nc1)C(=O)O. The van der Waals surface area contributed by atoms with Gasteiger partial charge in [-0.1, -0.05) is 0 Å². The molecule has 88 valence electrons. The van der Waals surface area contributed by atoms with Gasteiger partial charge in [0.15, 0.2) is 6.20 Å². The zero-order chi connectivity index (χ0) is 12.8. The van der Waals surface area contributed by atoms with E-state index in [1.54, 1.807) is 0 Å². The molecular weight excluding hydrogens is 226 g/mol. The second-order valence-electron chi connectivity index (χ2n) is 3.11. The van der Waals surface area contributed by atoms with Gasteiger partial charge in [0.25, 0.3) is 0 Å². The van der Waals surface area contributed by atoms with Crippen LogP contribution < -0.4 is 5.32 Å². The smallest absolute Gasteiger partial charge is 0.363 e. The number of nitrogens with one attached hydrogen (secondary N) is 1. The minimum absolute atomic E-state index is 0.00627. The monoisotopic (exact) mass is 235 g/mol. The molecule has 0 aliphatic rings. The predicted molar refractivity (Wildman–Crippen MR) is 59.4 cm³/mol. The van der Waals surface area contributed by atoms with Gasteiger partial charge in [-0.2, -0.15) is 0 Å². The Bertz CT molecular complexity index is 463. The summed E-state index contributed by atoms with van der Waals surface area (Å²) in [6, 6.07) is 1.61. The summed E-state index contributed by atoms with van der Waals surface area (Å²) in [5, 5.41) is 21.8. The molecule has 0 aromatic carbocycles. The first kappa shape index (κ1) is 12.4. The highest BCUT2D eigenvalue weighted by molar-refractivity contribution is 5.77. The van der Waals surface area contributed by atoms with Crippen molar-refractivity contribution in [3.63, 3.8) is 0 Å². The second kappa shape index (κ2) is 5.46. The molecule has 1 rings (SSSR count). The Balaban J connectivity index is 2.77. The van der Waals surface area contributed by atoms with Crippen LogP contribution in [0.2, 0.25) is 0 Å². The summed E-state index contributed by atoms with van der Waals surface area (Å²) in [7, 11) is 0. The summed E-state index contributed by atoms with van der Waals surface area (Å²) in [5.74, 6) is 0.825. The van der Waals surface area contributed by atoms with Crippen molar-refractivity contribution in [2.24, 2.45) is 0 Å². The van der Waals surface area contributed by atoms with E-state index in [2.05, 4.69) is 16.2 Å². The molecule has 0 bridgehead atoms. The molecule has 2 N–H and O–H groups in total. The highest BCUT2D eigenvalue weighted by Crippen LogP contribution is 2.13. The van der Waals surface area contributed by atoms with Crippen LogP contribution >= 0.6 is 0 Å². The number of terminal acetylenes is 1. The van der Waals surface area contributed by atoms with E-state index in [0.717, 1.165) is 0 Å². The van der Waals surface area contributed by atoms with Gasteiger partial charge in [0.2, 0.25) is 0 Å². The molecule has 1 aromatic rings. The fourth-order valence-corrected chi connectivity index (χ4v) is 1.10. The van der Waals surface area contributed by atoms with Crippen LogP contribution in [-0.2, 0) is 4.79 Å². The summed E-state index contributed by atoms with van der Waals surface area (Å²) in [6.45, 7) is 0. The van der Waals surface area contributed by atoms with E-state index in [1.165, 1.54) is 18.3 Å². The Morgan fingerprint density at radius 3 is 2.82 bits per heavy atom. The summed E-state index contributed by atoms with van der Waals surface area (Å²) in [6.07, 6.45) is 6.22. The molecule has 0 fully saturated rings. The average molecular weight is 235 g/mol. The number of nitro groups is 1. The number of nitrogens with zero attached hydrogens (tertiary/aromatic N) is 2. The van der Waals surface area contributed by atoms with E-state index in [1.807, 2.05) is 0 Å². The van der Waals surface area contributed by atoms with Gasteiger partial charge in [-0.05, 0) is 16.0 Å². The van der Waals surface area contributed by atoms with Crippen LogP contribution in [0.1, 0.15) is 6.42 Å². The van der Waals surface area contributed by atoms with Crippen LogP contribution in [0, 0.1) is 22.5 Å². The van der Waals surface area contributed by atoms with Crippen LogP contribution in [0.5, 0.6) is 0 Å². The quantitative estimate of drug-likeness (QED) is 0.445. The van der Waals surface area contributed by atoms with Crippen molar-refractivity contribution < 1.29 is 14.8 Å². The molecule has 0 saturated carbocycles. The van der Waals surface area contributed by atoms with E-state index < -0.39 is 16.9 Å². The van der Waals surface area contributed by atoms with Crippen molar-refractivity contribution >= 4 is 17.5 Å². The van der Waals surface area contributed by atoms with Gasteiger partial charge in [0, 0.05) is 12.5 Å². The van der Waals surface area contributed by atoms with Crippen LogP contribution in [0.3, 0.4) is 0 Å². The summed E-state index contributed by atoms with van der Waals surface area (Å²) < 4.78 is 0. The number of aliphatic carboxylic acids is 1. The highest BCUT2D eigenvalue weighted by Gasteiger charge is 2.16. The van der Waals surface area contributed by atoms with E-state index in [9.17, 15) is 14.9 Å². The van der Waals surface area contributed by atoms with Gasteiger partial charge < -0.3 is 20.5 Å². The normalized spacial score (nSPS) is 11.2. The third kappa shape index (κ3) is 3.46. The Kier molecular flexibility index (Phi) is 4.00. The van der Waals surface area contributed by atoms with Crippen LogP contribution in [0.4, 0.5) is 11.5 Å². The molecule has 0 aliphatic carbocycles. The molecule has 1 unspecified atom stereocenters. The number of hydrogen-bond acceptors (Lipinski definition) is 5. The van der Waals surface area contributed by atoms with Crippen LogP contribution in [0.15, 0.2) is 18.3 Å². The van der Waals surface area contributed by atoms with Gasteiger partial charge >= 0.3 is 11.8 Å². The maximum absolute atomic E-state index is 10.8. The third-order valence-corrected chi connectivity index (χ3v) is 1.90. The highest BCUT2D eigenvalue weighted by atomic mass is 16.6. The van der Waals surface area contributed by atoms with E-state index in [4.69, 9.17) is 11.5 Å². The number of anilines is 1. The molecule has 17 heavy (non-hydrogen) atoms. The van der Waals surface area contributed by atoms with Crippen molar-refractivity contribution in [1.82, 2.24) is 4.98 Å². The van der Waals surface area contributed by atoms with Gasteiger partial charge in [0.05, 0.1) is 5.69 Å². The Morgan fingerprint density at radius 2 is 2.41 bits per heavy atom. The van der Waals surface area contributed by atoms with Crippen LogP contribution in [-0.4, -0.2) is 27.0 Å².